The molecule has 0 aromatic carbocycles. The predicted octanol–water partition coefficient (Wildman–Crippen LogP) is 1.13. The molecule has 2 rings (SSSR count). The maximum absolute atomic E-state index is 3.42. The zero-order chi connectivity index (χ0) is 13.0. The maximum atomic E-state index is 3.42. The van der Waals surface area contributed by atoms with Crippen LogP contribution in [-0.2, 0) is 6.54 Å². The molecule has 2 heterocycles. The molecule has 0 atom stereocenters. The van der Waals surface area contributed by atoms with Crippen molar-refractivity contribution in [3.05, 3.63) is 24.0 Å². The molecular formula is C14H26N4. The van der Waals surface area contributed by atoms with Gasteiger partial charge in [-0.3, -0.25) is 9.80 Å². The molecule has 0 spiro atoms. The van der Waals surface area contributed by atoms with Crippen molar-refractivity contribution in [1.82, 2.24) is 20.1 Å². The Kier molecular flexibility index (Phi) is 4.43. The lowest BCUT2D eigenvalue weighted by atomic mass is 10.0. The fraction of sp³-hybridized carbons (Fsp3) is 0.714. The molecule has 2 N–H and O–H groups in total. The first-order valence-electron chi connectivity index (χ1n) is 6.84. The highest BCUT2D eigenvalue weighted by molar-refractivity contribution is 5.03. The summed E-state index contributed by atoms with van der Waals surface area (Å²) in [6.45, 7) is 11.3. The van der Waals surface area contributed by atoms with E-state index in [1.807, 2.05) is 6.20 Å². The van der Waals surface area contributed by atoms with Gasteiger partial charge in [0.05, 0.1) is 0 Å². The van der Waals surface area contributed by atoms with Gasteiger partial charge in [-0.1, -0.05) is 0 Å². The van der Waals surface area contributed by atoms with Gasteiger partial charge in [0, 0.05) is 56.7 Å². The van der Waals surface area contributed by atoms with Crippen LogP contribution in [0.25, 0.3) is 0 Å². The smallest absolute Gasteiger partial charge is 0.0382 e. The summed E-state index contributed by atoms with van der Waals surface area (Å²) < 4.78 is 0. The summed E-state index contributed by atoms with van der Waals surface area (Å²) in [5, 5.41) is 3.42. The van der Waals surface area contributed by atoms with Crippen molar-refractivity contribution in [2.45, 2.75) is 25.9 Å². The highest BCUT2D eigenvalue weighted by Gasteiger charge is 2.28. The minimum absolute atomic E-state index is 0.240. The molecule has 18 heavy (non-hydrogen) atoms. The predicted molar refractivity (Wildman–Crippen MR) is 75.6 cm³/mol. The average molecular weight is 250 g/mol. The van der Waals surface area contributed by atoms with Crippen LogP contribution < -0.4 is 5.32 Å². The molecule has 1 saturated heterocycles. The fourth-order valence-electron chi connectivity index (χ4n) is 2.84. The molecule has 0 unspecified atom stereocenters. The fourth-order valence-corrected chi connectivity index (χ4v) is 2.84. The summed E-state index contributed by atoms with van der Waals surface area (Å²) in [5.41, 5.74) is 1.53. The van der Waals surface area contributed by atoms with Crippen molar-refractivity contribution in [3.63, 3.8) is 0 Å². The Hall–Kier alpha value is -0.840. The molecule has 0 radical (unpaired) electrons. The SMILES string of the molecule is CN(Cc1ccc[nH]1)CC(C)(C)N1CCNCC1. The summed E-state index contributed by atoms with van der Waals surface area (Å²) in [6.07, 6.45) is 1.99. The number of hydrogen-bond donors (Lipinski definition) is 2. The van der Waals surface area contributed by atoms with E-state index >= 15 is 0 Å². The number of nitrogens with one attached hydrogen (secondary N) is 2. The van der Waals surface area contributed by atoms with Gasteiger partial charge in [-0.25, -0.2) is 0 Å². The molecule has 4 nitrogen and oxygen atoms in total. The van der Waals surface area contributed by atoms with E-state index in [1.54, 1.807) is 0 Å². The van der Waals surface area contributed by atoms with Crippen LogP contribution in [0.1, 0.15) is 19.5 Å². The largest absolute Gasteiger partial charge is 0.364 e. The van der Waals surface area contributed by atoms with Crippen LogP contribution in [0.15, 0.2) is 18.3 Å². The molecule has 0 saturated carbocycles. The maximum Gasteiger partial charge on any atom is 0.0382 e. The summed E-state index contributed by atoms with van der Waals surface area (Å²) in [6, 6.07) is 4.21. The van der Waals surface area contributed by atoms with Gasteiger partial charge in [0.1, 0.15) is 0 Å². The molecule has 1 aromatic heterocycles. The van der Waals surface area contributed by atoms with E-state index in [4.69, 9.17) is 0 Å². The molecule has 1 aliphatic rings. The Morgan fingerprint density at radius 2 is 2.06 bits per heavy atom. The van der Waals surface area contributed by atoms with Crippen LogP contribution >= 0.6 is 0 Å². The van der Waals surface area contributed by atoms with E-state index in [0.29, 0.717) is 0 Å². The third-order valence-electron chi connectivity index (χ3n) is 3.73. The zero-order valence-electron chi connectivity index (χ0n) is 11.9. The minimum Gasteiger partial charge on any atom is -0.364 e. The van der Waals surface area contributed by atoms with Gasteiger partial charge in [-0.15, -0.1) is 0 Å². The number of hydrogen-bond acceptors (Lipinski definition) is 3. The number of nitrogens with zero attached hydrogens (tertiary/aromatic N) is 2. The monoisotopic (exact) mass is 250 g/mol. The second kappa shape index (κ2) is 5.87. The van der Waals surface area contributed by atoms with E-state index in [9.17, 15) is 0 Å². The third-order valence-corrected chi connectivity index (χ3v) is 3.73. The van der Waals surface area contributed by atoms with E-state index in [0.717, 1.165) is 39.3 Å². The van der Waals surface area contributed by atoms with E-state index in [1.165, 1.54) is 5.69 Å². The summed E-state index contributed by atoms with van der Waals surface area (Å²) >= 11 is 0. The van der Waals surface area contributed by atoms with E-state index < -0.39 is 0 Å². The van der Waals surface area contributed by atoms with E-state index in [2.05, 4.69) is 53.1 Å². The van der Waals surface area contributed by atoms with Crippen LogP contribution in [0.2, 0.25) is 0 Å². The molecule has 0 amide bonds. The quantitative estimate of drug-likeness (QED) is 0.822. The van der Waals surface area contributed by atoms with Crippen LogP contribution in [0.3, 0.4) is 0 Å². The Labute approximate surface area is 110 Å². The molecular weight excluding hydrogens is 224 g/mol. The van der Waals surface area contributed by atoms with Gasteiger partial charge in [-0.05, 0) is 33.0 Å². The Balaban J connectivity index is 1.86. The molecule has 1 fully saturated rings. The lowest BCUT2D eigenvalue weighted by Crippen LogP contribution is -2.57. The first-order valence-corrected chi connectivity index (χ1v) is 6.84. The van der Waals surface area contributed by atoms with Crippen LogP contribution in [0, 0.1) is 0 Å². The molecule has 0 bridgehead atoms. The van der Waals surface area contributed by atoms with Gasteiger partial charge in [0.2, 0.25) is 0 Å². The van der Waals surface area contributed by atoms with Crippen LogP contribution in [0.5, 0.6) is 0 Å². The lowest BCUT2D eigenvalue weighted by Gasteiger charge is -2.43. The van der Waals surface area contributed by atoms with Crippen LogP contribution in [0.4, 0.5) is 0 Å². The number of likely N-dealkylation sites (N-methyl/N-ethyl adjacent to an activating group) is 1. The molecule has 1 aliphatic heterocycles. The van der Waals surface area contributed by atoms with Crippen molar-refractivity contribution in [2.24, 2.45) is 0 Å². The summed E-state index contributed by atoms with van der Waals surface area (Å²) in [4.78, 5) is 8.26. The summed E-state index contributed by atoms with van der Waals surface area (Å²) in [5.74, 6) is 0. The number of piperazine rings is 1. The van der Waals surface area contributed by atoms with Gasteiger partial charge >= 0.3 is 0 Å². The van der Waals surface area contributed by atoms with Gasteiger partial charge < -0.3 is 10.3 Å². The molecule has 1 aromatic rings. The second-order valence-electron chi connectivity index (χ2n) is 5.92. The molecule has 102 valence electrons. The van der Waals surface area contributed by atoms with Gasteiger partial charge in [-0.2, -0.15) is 0 Å². The molecule has 0 aliphatic carbocycles. The van der Waals surface area contributed by atoms with Gasteiger partial charge in [0.25, 0.3) is 0 Å². The van der Waals surface area contributed by atoms with Crippen molar-refractivity contribution < 1.29 is 0 Å². The van der Waals surface area contributed by atoms with Crippen molar-refractivity contribution in [2.75, 3.05) is 39.8 Å². The normalized spacial score (nSPS) is 18.4. The van der Waals surface area contributed by atoms with Crippen LogP contribution in [-0.4, -0.2) is 60.1 Å². The van der Waals surface area contributed by atoms with Gasteiger partial charge in [0.15, 0.2) is 0 Å². The number of H-pyrrole nitrogens is 1. The standard InChI is InChI=1S/C14H26N4/c1-14(2,18-9-7-15-8-10-18)12-17(3)11-13-5-4-6-16-13/h4-6,15-16H,7-12H2,1-3H3. The highest BCUT2D eigenvalue weighted by Crippen LogP contribution is 2.17. The Bertz CT molecular complexity index is 339. The second-order valence-corrected chi connectivity index (χ2v) is 5.92. The van der Waals surface area contributed by atoms with Crippen molar-refractivity contribution in [1.29, 1.82) is 0 Å². The highest BCUT2D eigenvalue weighted by atomic mass is 15.3. The molecule has 4 heteroatoms. The van der Waals surface area contributed by atoms with Crippen molar-refractivity contribution in [3.8, 4) is 0 Å². The Morgan fingerprint density at radius 3 is 2.67 bits per heavy atom. The Morgan fingerprint density at radius 1 is 1.33 bits per heavy atom. The number of rotatable bonds is 5. The van der Waals surface area contributed by atoms with E-state index in [-0.39, 0.29) is 5.54 Å². The lowest BCUT2D eigenvalue weighted by molar-refractivity contribution is 0.0690. The first-order chi connectivity index (χ1) is 8.58. The third kappa shape index (κ3) is 3.57. The summed E-state index contributed by atoms with van der Waals surface area (Å²) in [7, 11) is 2.20. The number of aromatic nitrogens is 1. The minimum atomic E-state index is 0.240. The zero-order valence-corrected chi connectivity index (χ0v) is 11.9. The first kappa shape index (κ1) is 13.6. The topological polar surface area (TPSA) is 34.3 Å². The van der Waals surface area contributed by atoms with Crippen molar-refractivity contribution >= 4 is 0 Å². The average Bonchev–Trinajstić information content (AvgIpc) is 2.82. The number of aromatic amines is 1.